The van der Waals surface area contributed by atoms with E-state index in [-0.39, 0.29) is 12.5 Å². The smallest absolute Gasteiger partial charge is 0.267 e. The topological polar surface area (TPSA) is 79.0 Å². The Kier molecular flexibility index (Phi) is 4.89. The molecule has 4 rings (SSSR count). The summed E-state index contributed by atoms with van der Waals surface area (Å²) in [5, 5.41) is 2.83. The van der Waals surface area contributed by atoms with Gasteiger partial charge in [0, 0.05) is 24.5 Å². The van der Waals surface area contributed by atoms with Crippen LogP contribution in [0.5, 0.6) is 5.75 Å². The van der Waals surface area contributed by atoms with Gasteiger partial charge in [0.05, 0.1) is 18.5 Å². The van der Waals surface area contributed by atoms with Crippen molar-refractivity contribution < 1.29 is 17.9 Å². The fourth-order valence-corrected chi connectivity index (χ4v) is 4.52. The average molecular weight is 401 g/mol. The number of para-hydroxylation sites is 2. The zero-order valence-corrected chi connectivity index (χ0v) is 16.5. The van der Waals surface area contributed by atoms with Gasteiger partial charge in [-0.3, -0.25) is 9.10 Å². The van der Waals surface area contributed by atoms with Gasteiger partial charge in [0.1, 0.15) is 5.75 Å². The number of benzene rings is 2. The number of hydrogen-bond donors (Lipinski definition) is 1. The lowest BCUT2D eigenvalue weighted by molar-refractivity contribution is -0.122. The van der Waals surface area contributed by atoms with E-state index in [1.165, 1.54) is 17.1 Å². The van der Waals surface area contributed by atoms with E-state index in [1.807, 2.05) is 24.3 Å². The van der Waals surface area contributed by atoms with Crippen molar-refractivity contribution in [1.29, 1.82) is 0 Å². The number of fused-ring (bicyclic) bond motifs is 1. The molecule has 0 bridgehead atoms. The number of sulfonamides is 1. The van der Waals surface area contributed by atoms with Crippen LogP contribution >= 0.6 is 0 Å². The standard InChI is InChI=1S/C20H23N3O4S/c1-28(25,26)23-14-19(27-18-7-3-2-6-17(18)23)20(24)21-15-8-10-16(11-9-15)22-12-4-5-13-22/h2-3,6-11,19H,4-5,12-14H2,1H3,(H,21,24)/t19-/m1/s1. The van der Waals surface area contributed by atoms with Crippen LogP contribution in [0.2, 0.25) is 0 Å². The first-order chi connectivity index (χ1) is 13.4. The highest BCUT2D eigenvalue weighted by atomic mass is 32.2. The first-order valence-electron chi connectivity index (χ1n) is 9.31. The third-order valence-corrected chi connectivity index (χ3v) is 6.18. The molecular formula is C20H23N3O4S. The summed E-state index contributed by atoms with van der Waals surface area (Å²) in [7, 11) is -3.53. The fraction of sp³-hybridized carbons (Fsp3) is 0.350. The van der Waals surface area contributed by atoms with Crippen LogP contribution in [0.25, 0.3) is 0 Å². The third kappa shape index (κ3) is 3.77. The van der Waals surface area contributed by atoms with Crippen LogP contribution in [0.3, 0.4) is 0 Å². The number of nitrogens with zero attached hydrogens (tertiary/aromatic N) is 2. The molecule has 1 atom stereocenters. The predicted octanol–water partition coefficient (Wildman–Crippen LogP) is 2.45. The van der Waals surface area contributed by atoms with Crippen LogP contribution < -0.4 is 19.3 Å². The molecule has 2 heterocycles. The maximum atomic E-state index is 12.7. The number of ether oxygens (including phenoxy) is 1. The van der Waals surface area contributed by atoms with Crippen molar-refractivity contribution in [2.75, 3.05) is 40.4 Å². The van der Waals surface area contributed by atoms with Crippen LogP contribution in [-0.4, -0.2) is 46.3 Å². The molecule has 1 fully saturated rings. The summed E-state index contributed by atoms with van der Waals surface area (Å²) < 4.78 is 31.3. The van der Waals surface area contributed by atoms with Gasteiger partial charge >= 0.3 is 0 Å². The van der Waals surface area contributed by atoms with Crippen LogP contribution in [0.4, 0.5) is 17.1 Å². The molecular weight excluding hydrogens is 378 g/mol. The van der Waals surface area contributed by atoms with Crippen molar-refractivity contribution in [1.82, 2.24) is 0 Å². The van der Waals surface area contributed by atoms with Crippen molar-refractivity contribution in [3.63, 3.8) is 0 Å². The number of amides is 1. The maximum absolute atomic E-state index is 12.7. The minimum Gasteiger partial charge on any atom is -0.476 e. The van der Waals surface area contributed by atoms with E-state index in [2.05, 4.69) is 10.2 Å². The maximum Gasteiger partial charge on any atom is 0.267 e. The summed E-state index contributed by atoms with van der Waals surface area (Å²) in [6, 6.07) is 14.5. The van der Waals surface area contributed by atoms with Crippen LogP contribution in [0.15, 0.2) is 48.5 Å². The van der Waals surface area contributed by atoms with Gasteiger partial charge < -0.3 is 15.0 Å². The molecule has 8 heteroatoms. The molecule has 0 aliphatic carbocycles. The Balaban J connectivity index is 1.49. The molecule has 7 nitrogen and oxygen atoms in total. The summed E-state index contributed by atoms with van der Waals surface area (Å²) >= 11 is 0. The molecule has 2 aromatic carbocycles. The lowest BCUT2D eigenvalue weighted by Gasteiger charge is -2.33. The second kappa shape index (κ2) is 7.35. The largest absolute Gasteiger partial charge is 0.476 e. The van der Waals surface area contributed by atoms with E-state index in [9.17, 15) is 13.2 Å². The Morgan fingerprint density at radius 2 is 1.75 bits per heavy atom. The highest BCUT2D eigenvalue weighted by Gasteiger charge is 2.34. The number of carbonyl (C=O) groups is 1. The first-order valence-corrected chi connectivity index (χ1v) is 11.2. The highest BCUT2D eigenvalue weighted by molar-refractivity contribution is 7.92. The van der Waals surface area contributed by atoms with Gasteiger partial charge in [0.25, 0.3) is 5.91 Å². The fourth-order valence-electron chi connectivity index (χ4n) is 3.61. The molecule has 0 unspecified atom stereocenters. The number of nitrogens with one attached hydrogen (secondary N) is 1. The minimum absolute atomic E-state index is 0.0620. The van der Waals surface area contributed by atoms with Crippen LogP contribution in [0.1, 0.15) is 12.8 Å². The zero-order valence-electron chi connectivity index (χ0n) is 15.7. The van der Waals surface area contributed by atoms with Gasteiger partial charge in [-0.05, 0) is 49.2 Å². The van der Waals surface area contributed by atoms with Crippen LogP contribution in [-0.2, 0) is 14.8 Å². The van der Waals surface area contributed by atoms with Gasteiger partial charge in [-0.2, -0.15) is 0 Å². The molecule has 0 spiro atoms. The van der Waals surface area contributed by atoms with Gasteiger partial charge in [-0.25, -0.2) is 8.42 Å². The van der Waals surface area contributed by atoms with Crippen LogP contribution in [0, 0.1) is 0 Å². The van der Waals surface area contributed by atoms with E-state index >= 15 is 0 Å². The lowest BCUT2D eigenvalue weighted by Crippen LogP contribution is -2.48. The first kappa shape index (κ1) is 18.6. The number of hydrogen-bond acceptors (Lipinski definition) is 5. The molecule has 2 aromatic rings. The Bertz CT molecular complexity index is 969. The molecule has 1 N–H and O–H groups in total. The highest BCUT2D eigenvalue weighted by Crippen LogP contribution is 2.34. The Morgan fingerprint density at radius 1 is 1.07 bits per heavy atom. The lowest BCUT2D eigenvalue weighted by atomic mass is 10.2. The SMILES string of the molecule is CS(=O)(=O)N1C[C@H](C(=O)Nc2ccc(N3CCCC3)cc2)Oc2ccccc21. The van der Waals surface area contributed by atoms with Gasteiger partial charge in [0.2, 0.25) is 10.0 Å². The molecule has 28 heavy (non-hydrogen) atoms. The van der Waals surface area contributed by atoms with E-state index < -0.39 is 16.1 Å². The summed E-state index contributed by atoms with van der Waals surface area (Å²) in [5.74, 6) is 0.000724. The predicted molar refractivity (Wildman–Crippen MR) is 110 cm³/mol. The molecule has 0 saturated carbocycles. The van der Waals surface area contributed by atoms with Crippen molar-refractivity contribution in [3.8, 4) is 5.75 Å². The Hall–Kier alpha value is -2.74. The summed E-state index contributed by atoms with van der Waals surface area (Å²) in [4.78, 5) is 15.0. The summed E-state index contributed by atoms with van der Waals surface area (Å²) in [5.41, 5.74) is 2.24. The molecule has 0 aromatic heterocycles. The van der Waals surface area contributed by atoms with E-state index in [4.69, 9.17) is 4.74 Å². The van der Waals surface area contributed by atoms with E-state index in [0.717, 1.165) is 25.0 Å². The third-order valence-electron chi connectivity index (χ3n) is 5.03. The molecule has 0 radical (unpaired) electrons. The van der Waals surface area contributed by atoms with E-state index in [0.29, 0.717) is 17.1 Å². The monoisotopic (exact) mass is 401 g/mol. The van der Waals surface area contributed by atoms with Crippen molar-refractivity contribution >= 4 is 33.0 Å². The van der Waals surface area contributed by atoms with E-state index in [1.54, 1.807) is 24.3 Å². The van der Waals surface area contributed by atoms with Gasteiger partial charge in [-0.1, -0.05) is 12.1 Å². The zero-order chi connectivity index (χ0) is 19.7. The normalized spacial score (nSPS) is 19.1. The average Bonchev–Trinajstić information content (AvgIpc) is 3.21. The Labute approximate surface area is 165 Å². The second-order valence-corrected chi connectivity index (χ2v) is 9.01. The number of carbonyl (C=O) groups excluding carboxylic acids is 1. The molecule has 1 saturated heterocycles. The second-order valence-electron chi connectivity index (χ2n) is 7.10. The number of rotatable bonds is 4. The minimum atomic E-state index is -3.53. The molecule has 2 aliphatic rings. The summed E-state index contributed by atoms with van der Waals surface area (Å²) in [6.07, 6.45) is 2.61. The van der Waals surface area contributed by atoms with Crippen molar-refractivity contribution in [2.45, 2.75) is 18.9 Å². The molecule has 1 amide bonds. The van der Waals surface area contributed by atoms with Gasteiger partial charge in [0.15, 0.2) is 6.10 Å². The van der Waals surface area contributed by atoms with Crippen molar-refractivity contribution in [3.05, 3.63) is 48.5 Å². The molecule has 148 valence electrons. The molecule has 2 aliphatic heterocycles. The van der Waals surface area contributed by atoms with Gasteiger partial charge in [-0.15, -0.1) is 0 Å². The number of anilines is 3. The Morgan fingerprint density at radius 3 is 2.43 bits per heavy atom. The summed E-state index contributed by atoms with van der Waals surface area (Å²) in [6.45, 7) is 2.05. The quantitative estimate of drug-likeness (QED) is 0.851. The van der Waals surface area contributed by atoms with Crippen molar-refractivity contribution in [2.24, 2.45) is 0 Å².